The fourth-order valence-electron chi connectivity index (χ4n) is 2.05. The van der Waals surface area contributed by atoms with Gasteiger partial charge in [0.1, 0.15) is 17.2 Å². The first-order valence-electron chi connectivity index (χ1n) is 7.14. The van der Waals surface area contributed by atoms with Gasteiger partial charge in [-0.1, -0.05) is 18.2 Å². The van der Waals surface area contributed by atoms with E-state index in [0.717, 1.165) is 5.75 Å². The lowest BCUT2D eigenvalue weighted by Crippen LogP contribution is -2.11. The first kappa shape index (κ1) is 14.7. The Morgan fingerprint density at radius 3 is 2.04 bits per heavy atom. The van der Waals surface area contributed by atoms with Crippen LogP contribution in [0.1, 0.15) is 10.4 Å². The number of hydrogen-bond acceptors (Lipinski definition) is 3. The Hall–Kier alpha value is -3.27. The molecule has 0 radical (unpaired) electrons. The molecule has 0 aromatic heterocycles. The van der Waals surface area contributed by atoms with Crippen molar-refractivity contribution in [3.63, 3.8) is 0 Å². The number of aromatic hydroxyl groups is 1. The molecule has 3 aromatic carbocycles. The van der Waals surface area contributed by atoms with Gasteiger partial charge in [-0.3, -0.25) is 4.79 Å². The van der Waals surface area contributed by atoms with Crippen LogP contribution in [0.5, 0.6) is 17.2 Å². The van der Waals surface area contributed by atoms with Crippen LogP contribution in [0.15, 0.2) is 78.9 Å². The number of rotatable bonds is 4. The minimum Gasteiger partial charge on any atom is -0.508 e. The predicted molar refractivity (Wildman–Crippen MR) is 89.0 cm³/mol. The third-order valence-electron chi connectivity index (χ3n) is 3.22. The predicted octanol–water partition coefficient (Wildman–Crippen LogP) is 4.44. The third-order valence-corrected chi connectivity index (χ3v) is 3.22. The lowest BCUT2D eigenvalue weighted by atomic mass is 10.2. The van der Waals surface area contributed by atoms with Crippen LogP contribution in [0, 0.1) is 0 Å². The van der Waals surface area contributed by atoms with E-state index in [0.29, 0.717) is 17.0 Å². The van der Waals surface area contributed by atoms with Gasteiger partial charge in [0.25, 0.3) is 5.91 Å². The average Bonchev–Trinajstić information content (AvgIpc) is 2.58. The maximum absolute atomic E-state index is 12.2. The zero-order valence-corrected chi connectivity index (χ0v) is 12.3. The molecule has 0 unspecified atom stereocenters. The molecule has 0 aliphatic carbocycles. The lowest BCUT2D eigenvalue weighted by molar-refractivity contribution is 0.102. The van der Waals surface area contributed by atoms with Gasteiger partial charge in [0.15, 0.2) is 0 Å². The van der Waals surface area contributed by atoms with Crippen molar-refractivity contribution in [2.24, 2.45) is 0 Å². The maximum atomic E-state index is 12.2. The summed E-state index contributed by atoms with van der Waals surface area (Å²) in [6, 6.07) is 22.7. The van der Waals surface area contributed by atoms with Crippen molar-refractivity contribution < 1.29 is 14.6 Å². The number of nitrogens with one attached hydrogen (secondary N) is 1. The molecule has 3 rings (SSSR count). The van der Waals surface area contributed by atoms with Gasteiger partial charge in [-0.05, 0) is 60.7 Å². The van der Waals surface area contributed by atoms with Gasteiger partial charge in [-0.25, -0.2) is 0 Å². The number of benzene rings is 3. The molecule has 2 N–H and O–H groups in total. The van der Waals surface area contributed by atoms with Crippen LogP contribution in [0.2, 0.25) is 0 Å². The Bertz CT molecular complexity index is 781. The Morgan fingerprint density at radius 2 is 1.39 bits per heavy atom. The number of phenols is 1. The molecular weight excluding hydrogens is 290 g/mol. The molecule has 1 amide bonds. The van der Waals surface area contributed by atoms with E-state index in [1.165, 1.54) is 12.1 Å². The quantitative estimate of drug-likeness (QED) is 0.701. The summed E-state index contributed by atoms with van der Waals surface area (Å²) in [5, 5.41) is 12.0. The summed E-state index contributed by atoms with van der Waals surface area (Å²) in [4.78, 5) is 12.2. The van der Waals surface area contributed by atoms with Crippen LogP contribution in [-0.2, 0) is 0 Å². The monoisotopic (exact) mass is 305 g/mol. The molecule has 3 aromatic rings. The molecule has 0 fully saturated rings. The number of carbonyl (C=O) groups excluding carboxylic acids is 1. The van der Waals surface area contributed by atoms with E-state index in [9.17, 15) is 9.90 Å². The number of hydrogen-bond donors (Lipinski definition) is 2. The molecule has 0 spiro atoms. The molecule has 4 nitrogen and oxygen atoms in total. The topological polar surface area (TPSA) is 58.6 Å². The molecule has 0 aliphatic heterocycles. The zero-order chi connectivity index (χ0) is 16.1. The summed E-state index contributed by atoms with van der Waals surface area (Å²) in [5.41, 5.74) is 1.15. The number of para-hydroxylation sites is 1. The lowest BCUT2D eigenvalue weighted by Gasteiger charge is -2.08. The standard InChI is InChI=1S/C19H15NO3/c21-16-10-8-15(9-11-16)20-19(22)14-6-12-18(13-7-14)23-17-4-2-1-3-5-17/h1-13,21H,(H,20,22). The molecule has 0 saturated carbocycles. The van der Waals surface area contributed by atoms with Crippen LogP contribution < -0.4 is 10.1 Å². The second-order valence-corrected chi connectivity index (χ2v) is 4.94. The van der Waals surface area contributed by atoms with Gasteiger partial charge in [-0.2, -0.15) is 0 Å². The van der Waals surface area contributed by atoms with E-state index in [-0.39, 0.29) is 11.7 Å². The smallest absolute Gasteiger partial charge is 0.255 e. The molecule has 0 heterocycles. The molecule has 4 heteroatoms. The van der Waals surface area contributed by atoms with Gasteiger partial charge in [0, 0.05) is 11.3 Å². The highest BCUT2D eigenvalue weighted by atomic mass is 16.5. The second-order valence-electron chi connectivity index (χ2n) is 4.94. The van der Waals surface area contributed by atoms with Crippen LogP contribution in [0.3, 0.4) is 0 Å². The summed E-state index contributed by atoms with van der Waals surface area (Å²) >= 11 is 0. The van der Waals surface area contributed by atoms with E-state index >= 15 is 0 Å². The Labute approximate surface area is 134 Å². The van der Waals surface area contributed by atoms with E-state index in [1.807, 2.05) is 30.3 Å². The number of amides is 1. The van der Waals surface area contributed by atoms with Gasteiger partial charge in [0.2, 0.25) is 0 Å². The zero-order valence-electron chi connectivity index (χ0n) is 12.3. The summed E-state index contributed by atoms with van der Waals surface area (Å²) in [6.07, 6.45) is 0. The van der Waals surface area contributed by atoms with Crippen molar-refractivity contribution in [1.29, 1.82) is 0 Å². The molecule has 0 atom stereocenters. The minimum absolute atomic E-state index is 0.158. The van der Waals surface area contributed by atoms with E-state index < -0.39 is 0 Å². The number of anilines is 1. The Morgan fingerprint density at radius 1 is 0.783 bits per heavy atom. The third kappa shape index (κ3) is 3.89. The van der Waals surface area contributed by atoms with Crippen molar-refractivity contribution in [1.82, 2.24) is 0 Å². The minimum atomic E-state index is -0.220. The summed E-state index contributed by atoms with van der Waals surface area (Å²) in [5.74, 6) is 1.35. The van der Waals surface area contributed by atoms with Crippen LogP contribution in [-0.4, -0.2) is 11.0 Å². The summed E-state index contributed by atoms with van der Waals surface area (Å²) in [6.45, 7) is 0. The molecule has 0 bridgehead atoms. The Kier molecular flexibility index (Phi) is 4.25. The van der Waals surface area contributed by atoms with Crippen LogP contribution in [0.25, 0.3) is 0 Å². The van der Waals surface area contributed by atoms with Crippen molar-refractivity contribution in [2.45, 2.75) is 0 Å². The Balaban J connectivity index is 1.66. The normalized spacial score (nSPS) is 10.1. The summed E-state index contributed by atoms with van der Waals surface area (Å²) < 4.78 is 5.69. The molecule has 0 saturated heterocycles. The van der Waals surface area contributed by atoms with E-state index in [1.54, 1.807) is 36.4 Å². The van der Waals surface area contributed by atoms with Crippen LogP contribution >= 0.6 is 0 Å². The number of carbonyl (C=O) groups is 1. The van der Waals surface area contributed by atoms with Crippen molar-refractivity contribution >= 4 is 11.6 Å². The average molecular weight is 305 g/mol. The van der Waals surface area contributed by atoms with Crippen molar-refractivity contribution in [3.8, 4) is 17.2 Å². The number of phenolic OH excluding ortho intramolecular Hbond substituents is 1. The molecule has 114 valence electrons. The van der Waals surface area contributed by atoms with Crippen molar-refractivity contribution in [3.05, 3.63) is 84.4 Å². The van der Waals surface area contributed by atoms with Gasteiger partial charge < -0.3 is 15.2 Å². The molecule has 0 aliphatic rings. The molecular formula is C19H15NO3. The first-order chi connectivity index (χ1) is 11.2. The van der Waals surface area contributed by atoms with Gasteiger partial charge >= 0.3 is 0 Å². The fraction of sp³-hybridized carbons (Fsp3) is 0. The molecule has 23 heavy (non-hydrogen) atoms. The first-order valence-corrected chi connectivity index (χ1v) is 7.14. The van der Waals surface area contributed by atoms with Crippen molar-refractivity contribution in [2.75, 3.05) is 5.32 Å². The largest absolute Gasteiger partial charge is 0.508 e. The highest BCUT2D eigenvalue weighted by Gasteiger charge is 2.06. The van der Waals surface area contributed by atoms with E-state index in [4.69, 9.17) is 4.74 Å². The summed E-state index contributed by atoms with van der Waals surface area (Å²) in [7, 11) is 0. The van der Waals surface area contributed by atoms with Gasteiger partial charge in [0.05, 0.1) is 0 Å². The second kappa shape index (κ2) is 6.66. The number of ether oxygens (including phenoxy) is 1. The highest BCUT2D eigenvalue weighted by molar-refractivity contribution is 6.04. The maximum Gasteiger partial charge on any atom is 0.255 e. The fourth-order valence-corrected chi connectivity index (χ4v) is 2.05. The van der Waals surface area contributed by atoms with Gasteiger partial charge in [-0.15, -0.1) is 0 Å². The van der Waals surface area contributed by atoms with E-state index in [2.05, 4.69) is 5.32 Å². The van der Waals surface area contributed by atoms with Crippen LogP contribution in [0.4, 0.5) is 5.69 Å². The SMILES string of the molecule is O=C(Nc1ccc(O)cc1)c1ccc(Oc2ccccc2)cc1. The highest BCUT2D eigenvalue weighted by Crippen LogP contribution is 2.21.